The van der Waals surface area contributed by atoms with Crippen LogP contribution < -0.4 is 10.2 Å². The van der Waals surface area contributed by atoms with Gasteiger partial charge in [0.25, 0.3) is 7.82 Å². The van der Waals surface area contributed by atoms with E-state index in [1.165, 1.54) is 238 Å². The minimum Gasteiger partial charge on any atom is -0.756 e. The van der Waals surface area contributed by atoms with Gasteiger partial charge in [-0.15, -0.1) is 0 Å². The molecule has 3 atom stereocenters. The number of unbranched alkanes of at least 4 members (excludes halogenated alkanes) is 42. The summed E-state index contributed by atoms with van der Waals surface area (Å²) in [6.07, 6.45) is 76.5. The van der Waals surface area contributed by atoms with E-state index in [9.17, 15) is 19.0 Å². The van der Waals surface area contributed by atoms with E-state index in [2.05, 4.69) is 62.5 Å². The zero-order valence-corrected chi connectivity index (χ0v) is 55.4. The lowest BCUT2D eigenvalue weighted by Gasteiger charge is -2.30. The Hall–Kier alpha value is -2.03. The van der Waals surface area contributed by atoms with Gasteiger partial charge < -0.3 is 28.5 Å². The number of quaternary nitrogens is 1. The fraction of sp³-hybridized carbons (Fsp3) is 0.859. The van der Waals surface area contributed by atoms with E-state index in [0.717, 1.165) is 70.6 Å². The molecule has 10 heteroatoms. The van der Waals surface area contributed by atoms with Gasteiger partial charge >= 0.3 is 5.97 Å². The van der Waals surface area contributed by atoms with Gasteiger partial charge in [0.2, 0.25) is 5.91 Å². The summed E-state index contributed by atoms with van der Waals surface area (Å²) < 4.78 is 30.4. The van der Waals surface area contributed by atoms with Crippen LogP contribution in [-0.4, -0.2) is 69.4 Å². The first-order chi connectivity index (χ1) is 39.4. The standard InChI is InChI=1S/C71H135N2O7P/c1-7-10-13-16-19-22-25-28-30-31-32-33-34-35-36-37-38-39-40-41-43-45-48-51-54-57-60-63-70(74)72-68(67-79-81(76,77)78-66-65-73(4,5)6)69(62-59-56-53-50-47-44-27-24-21-18-15-12-9-3)80-71(75)64-61-58-55-52-49-46-42-29-26-23-20-17-14-11-8-2/h19,22,28,30,32-33,59,62,68-69H,7-18,20-21,23-27,29,31,34-58,60-61,63-67H2,1-6H3,(H-,72,74,76,77)/b22-19-,30-28-,33-32-,62-59-. The van der Waals surface area contributed by atoms with Crippen LogP contribution >= 0.6 is 7.82 Å². The summed E-state index contributed by atoms with van der Waals surface area (Å²) in [6, 6.07) is -0.886. The van der Waals surface area contributed by atoms with Crippen molar-refractivity contribution >= 4 is 19.7 Å². The first kappa shape index (κ1) is 79.0. The molecule has 0 aliphatic carbocycles. The largest absolute Gasteiger partial charge is 0.756 e. The second kappa shape index (κ2) is 61.1. The monoisotopic (exact) mass is 1160 g/mol. The summed E-state index contributed by atoms with van der Waals surface area (Å²) in [5, 5.41) is 3.05. The summed E-state index contributed by atoms with van der Waals surface area (Å²) in [4.78, 5) is 40.1. The van der Waals surface area contributed by atoms with Gasteiger partial charge in [0.15, 0.2) is 0 Å². The number of phosphoric acid groups is 1. The Morgan fingerprint density at radius 1 is 0.432 bits per heavy atom. The van der Waals surface area contributed by atoms with Crippen molar-refractivity contribution < 1.29 is 37.3 Å². The van der Waals surface area contributed by atoms with Crippen molar-refractivity contribution in [3.8, 4) is 0 Å². The van der Waals surface area contributed by atoms with Crippen LogP contribution in [-0.2, 0) is 27.9 Å². The number of hydrogen-bond acceptors (Lipinski definition) is 7. The van der Waals surface area contributed by atoms with Gasteiger partial charge in [-0.1, -0.05) is 307 Å². The van der Waals surface area contributed by atoms with Gasteiger partial charge in [0, 0.05) is 12.8 Å². The van der Waals surface area contributed by atoms with E-state index >= 15 is 0 Å². The zero-order valence-electron chi connectivity index (χ0n) is 54.5. The Labute approximate surface area is 503 Å². The Kier molecular flexibility index (Phi) is 59.5. The average molecular weight is 1160 g/mol. The molecule has 0 spiro atoms. The highest BCUT2D eigenvalue weighted by molar-refractivity contribution is 7.45. The third kappa shape index (κ3) is 62.3. The van der Waals surface area contributed by atoms with E-state index in [-0.39, 0.29) is 31.5 Å². The van der Waals surface area contributed by atoms with E-state index in [1.807, 2.05) is 33.3 Å². The maximum Gasteiger partial charge on any atom is 0.306 e. The maximum atomic E-state index is 13.6. The molecule has 0 saturated carbocycles. The molecule has 3 unspecified atom stereocenters. The summed E-state index contributed by atoms with van der Waals surface area (Å²) in [7, 11) is 1.20. The molecular weight excluding hydrogens is 1020 g/mol. The van der Waals surface area contributed by atoms with Crippen LogP contribution in [0.1, 0.15) is 342 Å². The molecule has 9 nitrogen and oxygen atoms in total. The Morgan fingerprint density at radius 2 is 0.753 bits per heavy atom. The van der Waals surface area contributed by atoms with Crippen LogP contribution in [0.3, 0.4) is 0 Å². The van der Waals surface area contributed by atoms with Crippen LogP contribution in [0.2, 0.25) is 0 Å². The molecule has 81 heavy (non-hydrogen) atoms. The lowest BCUT2D eigenvalue weighted by Crippen LogP contribution is -2.47. The second-order valence-corrected chi connectivity index (χ2v) is 26.5. The lowest BCUT2D eigenvalue weighted by atomic mass is 10.0. The number of ether oxygens (including phenoxy) is 1. The van der Waals surface area contributed by atoms with Crippen molar-refractivity contribution in [3.63, 3.8) is 0 Å². The number of rotatable bonds is 64. The van der Waals surface area contributed by atoms with E-state index < -0.39 is 20.0 Å². The second-order valence-electron chi connectivity index (χ2n) is 25.0. The Morgan fingerprint density at radius 3 is 1.15 bits per heavy atom. The highest BCUT2D eigenvalue weighted by Gasteiger charge is 2.27. The lowest BCUT2D eigenvalue weighted by molar-refractivity contribution is -0.870. The number of esters is 1. The average Bonchev–Trinajstić information content (AvgIpc) is 3.44. The van der Waals surface area contributed by atoms with Crippen molar-refractivity contribution in [1.29, 1.82) is 0 Å². The molecule has 0 fully saturated rings. The van der Waals surface area contributed by atoms with Crippen molar-refractivity contribution in [3.05, 3.63) is 48.6 Å². The predicted molar refractivity (Wildman–Crippen MR) is 349 cm³/mol. The van der Waals surface area contributed by atoms with Crippen LogP contribution in [0.5, 0.6) is 0 Å². The van der Waals surface area contributed by atoms with Crippen molar-refractivity contribution in [2.45, 2.75) is 354 Å². The SMILES string of the molecule is CCCCC/C=C\C/C=C\C/C=C\CCCCCCCCCCCCCCCCC(=O)NC(COP(=O)([O-])OCC[N+](C)(C)C)C(/C=C\CCCCCCCCCCCCC)OC(=O)CCCCCCCCCCCCCCCCC. The summed E-state index contributed by atoms with van der Waals surface area (Å²) in [5.41, 5.74) is 0. The number of carbonyl (C=O) groups excluding carboxylic acids is 2. The van der Waals surface area contributed by atoms with Gasteiger partial charge in [-0.05, 0) is 70.3 Å². The number of nitrogens with zero attached hydrogens (tertiary/aromatic N) is 1. The normalized spacial score (nSPS) is 13.8. The minimum atomic E-state index is -4.70. The summed E-state index contributed by atoms with van der Waals surface area (Å²) >= 11 is 0. The first-order valence-electron chi connectivity index (χ1n) is 34.9. The van der Waals surface area contributed by atoms with E-state index in [0.29, 0.717) is 17.4 Å². The minimum absolute atomic E-state index is 0.0202. The van der Waals surface area contributed by atoms with Crippen LogP contribution in [0.15, 0.2) is 48.6 Å². The Balaban J connectivity index is 5.03. The number of hydrogen-bond donors (Lipinski definition) is 1. The number of carbonyl (C=O) groups is 2. The highest BCUT2D eigenvalue weighted by atomic mass is 31.2. The molecule has 0 saturated heterocycles. The van der Waals surface area contributed by atoms with Gasteiger partial charge in [-0.25, -0.2) is 0 Å². The fourth-order valence-corrected chi connectivity index (χ4v) is 11.1. The number of allylic oxidation sites excluding steroid dienone is 7. The zero-order chi connectivity index (χ0) is 59.3. The molecule has 0 rings (SSSR count). The number of phosphoric ester groups is 1. The van der Waals surface area contributed by atoms with Gasteiger partial charge in [0.05, 0.1) is 33.8 Å². The smallest absolute Gasteiger partial charge is 0.306 e. The maximum absolute atomic E-state index is 13.6. The van der Waals surface area contributed by atoms with Crippen LogP contribution in [0.25, 0.3) is 0 Å². The molecule has 476 valence electrons. The third-order valence-corrected chi connectivity index (χ3v) is 16.7. The molecule has 0 heterocycles. The quantitative estimate of drug-likeness (QED) is 0.0212. The van der Waals surface area contributed by atoms with Crippen LogP contribution in [0.4, 0.5) is 0 Å². The van der Waals surface area contributed by atoms with Crippen molar-refractivity contribution in [1.82, 2.24) is 5.32 Å². The number of nitrogens with one attached hydrogen (secondary N) is 1. The van der Waals surface area contributed by atoms with E-state index in [4.69, 9.17) is 13.8 Å². The number of amides is 1. The first-order valence-corrected chi connectivity index (χ1v) is 36.4. The molecule has 0 bridgehead atoms. The summed E-state index contributed by atoms with van der Waals surface area (Å²) in [6.45, 7) is 6.86. The van der Waals surface area contributed by atoms with Gasteiger partial charge in [0.1, 0.15) is 19.3 Å². The molecule has 0 aromatic heterocycles. The predicted octanol–water partition coefficient (Wildman–Crippen LogP) is 21.4. The topological polar surface area (TPSA) is 114 Å². The highest BCUT2D eigenvalue weighted by Crippen LogP contribution is 2.38. The molecule has 1 N–H and O–H groups in total. The molecule has 0 aromatic carbocycles. The Bertz CT molecular complexity index is 1520. The van der Waals surface area contributed by atoms with Crippen molar-refractivity contribution in [2.75, 3.05) is 40.9 Å². The van der Waals surface area contributed by atoms with Gasteiger partial charge in [-0.2, -0.15) is 0 Å². The molecular formula is C71H135N2O7P. The fourth-order valence-electron chi connectivity index (χ4n) is 10.4. The third-order valence-electron chi connectivity index (χ3n) is 15.8. The molecule has 0 radical (unpaired) electrons. The molecule has 0 aliphatic rings. The van der Waals surface area contributed by atoms with E-state index in [1.54, 1.807) is 0 Å². The molecule has 0 aliphatic heterocycles. The molecule has 0 aromatic rings. The molecule has 1 amide bonds. The van der Waals surface area contributed by atoms with Crippen molar-refractivity contribution in [2.24, 2.45) is 0 Å². The number of likely N-dealkylation sites (N-methyl/N-ethyl adjacent to an activating group) is 1. The summed E-state index contributed by atoms with van der Waals surface area (Å²) in [5.74, 6) is -0.525. The van der Waals surface area contributed by atoms with Gasteiger partial charge in [-0.3, -0.25) is 14.2 Å². The van der Waals surface area contributed by atoms with Crippen LogP contribution in [0, 0.1) is 0 Å².